The van der Waals surface area contributed by atoms with E-state index in [0.717, 1.165) is 0 Å². The second kappa shape index (κ2) is 9.38. The fourth-order valence-corrected chi connectivity index (χ4v) is 28.7. The minimum absolute atomic E-state index is 0. The van der Waals surface area contributed by atoms with Crippen LogP contribution in [0.15, 0.2) is 73.4 Å². The van der Waals surface area contributed by atoms with E-state index in [1.807, 2.05) is 6.66 Å². The Labute approximate surface area is 156 Å². The molecule has 2 aliphatic carbocycles. The molecule has 3 rings (SSSR count). The third kappa shape index (κ3) is 4.60. The summed E-state index contributed by atoms with van der Waals surface area (Å²) in [5, 5.41) is 1.63. The topological polar surface area (TPSA) is 0 Å². The van der Waals surface area contributed by atoms with Crippen molar-refractivity contribution in [2.24, 2.45) is 0 Å². The average molecular weight is 591 g/mol. The number of benzene rings is 1. The van der Waals surface area contributed by atoms with Gasteiger partial charge in [0.05, 0.1) is 0 Å². The molecule has 2 aliphatic rings. The van der Waals surface area contributed by atoms with Crippen LogP contribution in [0.25, 0.3) is 0 Å². The first-order valence-electron chi connectivity index (χ1n) is 6.84. The number of allylic oxidation sites excluding steroid dienone is 8. The summed E-state index contributed by atoms with van der Waals surface area (Å²) >= 11 is -1.82. The van der Waals surface area contributed by atoms with E-state index in [1.165, 1.54) is 12.8 Å². The third-order valence-corrected chi connectivity index (χ3v) is 29.4. The zero-order chi connectivity index (χ0) is 13.1. The van der Waals surface area contributed by atoms with Crippen molar-refractivity contribution in [1.82, 2.24) is 0 Å². The van der Waals surface area contributed by atoms with Gasteiger partial charge in [0, 0.05) is 0 Å². The third-order valence-electron chi connectivity index (χ3n) is 3.77. The quantitative estimate of drug-likeness (QED) is 0.436. The molecule has 0 amide bonds. The van der Waals surface area contributed by atoms with Crippen LogP contribution in [-0.4, -0.2) is 5.49 Å². The number of hydrogen-bond donors (Lipinski definition) is 0. The van der Waals surface area contributed by atoms with Gasteiger partial charge in [-0.3, -0.25) is 0 Å². The van der Waals surface area contributed by atoms with Crippen LogP contribution in [0.1, 0.15) is 12.8 Å². The fraction of sp³-hybridized carbons (Fsp3) is 0.176. The van der Waals surface area contributed by atoms with Crippen LogP contribution < -0.4 is 5.19 Å². The molecule has 1 aromatic rings. The predicted octanol–water partition coefficient (Wildman–Crippen LogP) is 4.98. The van der Waals surface area contributed by atoms with Crippen molar-refractivity contribution < 1.29 is 20.1 Å². The Morgan fingerprint density at radius 3 is 1.81 bits per heavy atom. The monoisotopic (exact) mass is 590 g/mol. The summed E-state index contributed by atoms with van der Waals surface area (Å²) < 4.78 is 3.64. The van der Waals surface area contributed by atoms with E-state index in [4.69, 9.17) is 0 Å². The summed E-state index contributed by atoms with van der Waals surface area (Å²) in [6.07, 6.45) is 16.5. The van der Waals surface area contributed by atoms with Gasteiger partial charge in [0.1, 0.15) is 0 Å². The molecule has 0 heterocycles. The zero-order valence-corrected chi connectivity index (χ0v) is 20.1. The molecule has 4 heteroatoms. The Kier molecular flexibility index (Phi) is 8.61. The Morgan fingerprint density at radius 1 is 0.857 bits per heavy atom. The van der Waals surface area contributed by atoms with E-state index in [9.17, 15) is 0 Å². The van der Waals surface area contributed by atoms with Crippen molar-refractivity contribution >= 4 is 44.6 Å². The Hall–Kier alpha value is 0.227. The van der Waals surface area contributed by atoms with E-state index in [2.05, 4.69) is 73.3 Å². The van der Waals surface area contributed by atoms with Gasteiger partial charge in [-0.1, -0.05) is 0 Å². The molecule has 0 aromatic heterocycles. The Bertz CT molecular complexity index is 608. The molecule has 0 aliphatic heterocycles. The van der Waals surface area contributed by atoms with Crippen LogP contribution in [0.3, 0.4) is 0 Å². The van der Waals surface area contributed by atoms with Crippen molar-refractivity contribution in [3.8, 4) is 0 Å². The van der Waals surface area contributed by atoms with Crippen LogP contribution in [0.2, 0.25) is 6.55 Å². The molecule has 0 bridgehead atoms. The molecule has 0 nitrogen and oxygen atoms in total. The van der Waals surface area contributed by atoms with Crippen molar-refractivity contribution in [1.29, 1.82) is 0 Å². The maximum absolute atomic E-state index is 2.56. The standard InChI is InChI=1S/C7H8Si.2C5H5.2BrH.Hf/c1-8-7-5-3-2-4-6-7;2*1-2-4-5-3-1;;;/h2-6H,1H3;2*1-3H,4H2;2*1H;. The van der Waals surface area contributed by atoms with Crippen molar-refractivity contribution in [3.05, 3.63) is 73.4 Å². The number of halogens is 2. The van der Waals surface area contributed by atoms with Crippen LogP contribution in [0.4, 0.5) is 0 Å². The molecule has 1 aromatic carbocycles. The second-order valence-electron chi connectivity index (χ2n) is 5.01. The number of hydrogen-bond acceptors (Lipinski definition) is 0. The summed E-state index contributed by atoms with van der Waals surface area (Å²) in [6.45, 7) is 2.56. The minimum atomic E-state index is -1.82. The van der Waals surface area contributed by atoms with Gasteiger partial charge in [-0.2, -0.15) is 0 Å². The molecule has 0 N–H and O–H groups in total. The van der Waals surface area contributed by atoms with E-state index < -0.39 is 20.1 Å². The molecule has 110 valence electrons. The fourth-order valence-electron chi connectivity index (χ4n) is 2.79. The summed E-state index contributed by atoms with van der Waals surface area (Å²) in [6, 6.07) is 11.2. The number of rotatable bonds is 3. The van der Waals surface area contributed by atoms with Crippen molar-refractivity contribution in [2.75, 3.05) is 0 Å². The maximum atomic E-state index is 2.56. The molecule has 0 spiro atoms. The molecule has 0 atom stereocenters. The molecule has 0 radical (unpaired) electrons. The Morgan fingerprint density at radius 2 is 1.38 bits per heavy atom. The SMILES string of the molecule is Br.Br.C[Si](c1ccccc1)=[Hf]([C]1=CC=CC1)[C]1=CC=CC1. The summed E-state index contributed by atoms with van der Waals surface area (Å²) in [5.74, 6) is 0. The van der Waals surface area contributed by atoms with Crippen LogP contribution in [0, 0.1) is 0 Å². The van der Waals surface area contributed by atoms with Crippen molar-refractivity contribution in [2.45, 2.75) is 19.4 Å². The first kappa shape index (κ1) is 19.3. The van der Waals surface area contributed by atoms with Crippen LogP contribution in [0.5, 0.6) is 0 Å². The summed E-state index contributed by atoms with van der Waals surface area (Å²) in [5.41, 5.74) is -0.375. The normalized spacial score (nSPS) is 14.9. The molecular formula is C17H20Br2HfSi. The first-order valence-corrected chi connectivity index (χ1v) is 17.8. The Balaban J connectivity index is 0.00000110. The van der Waals surface area contributed by atoms with Gasteiger partial charge in [0.25, 0.3) is 0 Å². The van der Waals surface area contributed by atoms with E-state index in [-0.39, 0.29) is 39.5 Å². The zero-order valence-electron chi connectivity index (χ0n) is 12.1. The van der Waals surface area contributed by atoms with Gasteiger partial charge < -0.3 is 0 Å². The van der Waals surface area contributed by atoms with Gasteiger partial charge >= 0.3 is 124 Å². The summed E-state index contributed by atoms with van der Waals surface area (Å²) in [4.78, 5) is 0. The molecule has 0 unspecified atom stereocenters. The predicted molar refractivity (Wildman–Crippen MR) is 102 cm³/mol. The van der Waals surface area contributed by atoms with Crippen LogP contribution in [-0.2, 0) is 20.1 Å². The average Bonchev–Trinajstić information content (AvgIpc) is 3.13. The van der Waals surface area contributed by atoms with Crippen LogP contribution >= 0.6 is 34.0 Å². The molecule has 0 saturated heterocycles. The molecule has 0 saturated carbocycles. The molecule has 0 fully saturated rings. The van der Waals surface area contributed by atoms with E-state index in [0.29, 0.717) is 0 Å². The van der Waals surface area contributed by atoms with E-state index >= 15 is 0 Å². The molecule has 21 heavy (non-hydrogen) atoms. The summed E-state index contributed by atoms with van der Waals surface area (Å²) in [7, 11) is 0. The second-order valence-corrected chi connectivity index (χ2v) is 26.3. The van der Waals surface area contributed by atoms with Crippen molar-refractivity contribution in [3.63, 3.8) is 0 Å². The molecular weight excluding hydrogens is 571 g/mol. The van der Waals surface area contributed by atoms with Gasteiger partial charge in [-0.25, -0.2) is 0 Å². The van der Waals surface area contributed by atoms with Gasteiger partial charge in [-0.15, -0.1) is 34.0 Å². The van der Waals surface area contributed by atoms with Gasteiger partial charge in [-0.05, 0) is 0 Å². The van der Waals surface area contributed by atoms with E-state index in [1.54, 1.807) is 5.19 Å². The first-order chi connectivity index (χ1) is 9.36. The van der Waals surface area contributed by atoms with Gasteiger partial charge in [0.2, 0.25) is 0 Å². The van der Waals surface area contributed by atoms with Gasteiger partial charge in [0.15, 0.2) is 0 Å².